The molecule has 0 aromatic rings. The molecule has 16 heavy (non-hydrogen) atoms. The minimum atomic E-state index is -0.346. The maximum absolute atomic E-state index is 11.4. The molecule has 0 unspecified atom stereocenters. The molecule has 0 aliphatic heterocycles. The number of hydroxylamine groups is 1. The molecule has 94 valence electrons. The van der Waals surface area contributed by atoms with Gasteiger partial charge in [0.2, 0.25) is 0 Å². The zero-order valence-corrected chi connectivity index (χ0v) is 11.9. The Kier molecular flexibility index (Phi) is 7.97. The van der Waals surface area contributed by atoms with E-state index in [9.17, 15) is 4.79 Å². The van der Waals surface area contributed by atoms with Crippen molar-refractivity contribution in [1.82, 2.24) is 5.48 Å². The maximum Gasteiger partial charge on any atom is 0.326 e. The normalized spacial score (nSPS) is 13.2. The van der Waals surface area contributed by atoms with Crippen molar-refractivity contribution in [3.63, 3.8) is 0 Å². The SMILES string of the molecule is C=C[C@H](CCSC)NOC(=O)CC(C)(C)S. The first kappa shape index (κ1) is 15.9. The Morgan fingerprint density at radius 3 is 2.75 bits per heavy atom. The van der Waals surface area contributed by atoms with Crippen LogP contribution in [0.5, 0.6) is 0 Å². The van der Waals surface area contributed by atoms with Crippen LogP contribution in [0.15, 0.2) is 12.7 Å². The Balaban J connectivity index is 3.84. The molecule has 0 spiro atoms. The van der Waals surface area contributed by atoms with Crippen molar-refractivity contribution in [3.8, 4) is 0 Å². The van der Waals surface area contributed by atoms with Crippen LogP contribution >= 0.6 is 24.4 Å². The standard InChI is InChI=1S/C11H21NO2S2/c1-5-9(6-7-16-4)12-14-10(13)8-11(2,3)15/h5,9,12,15H,1,6-8H2,2-4H3/t9-/m1/s1. The van der Waals surface area contributed by atoms with Gasteiger partial charge in [-0.15, -0.1) is 12.1 Å². The van der Waals surface area contributed by atoms with Gasteiger partial charge in [0.25, 0.3) is 0 Å². The number of nitrogens with one attached hydrogen (secondary N) is 1. The number of thiol groups is 1. The second-order valence-electron chi connectivity index (χ2n) is 4.20. The van der Waals surface area contributed by atoms with Gasteiger partial charge in [-0.1, -0.05) is 19.9 Å². The lowest BCUT2D eigenvalue weighted by molar-refractivity contribution is -0.152. The molecule has 0 rings (SSSR count). The Morgan fingerprint density at radius 2 is 2.31 bits per heavy atom. The summed E-state index contributed by atoms with van der Waals surface area (Å²) in [7, 11) is 0. The van der Waals surface area contributed by atoms with Crippen LogP contribution in [-0.2, 0) is 9.63 Å². The molecule has 5 heteroatoms. The lowest BCUT2D eigenvalue weighted by Gasteiger charge is -2.18. The van der Waals surface area contributed by atoms with Crippen LogP contribution in [0.4, 0.5) is 0 Å². The van der Waals surface area contributed by atoms with Crippen LogP contribution in [0.2, 0.25) is 0 Å². The Morgan fingerprint density at radius 1 is 1.69 bits per heavy atom. The predicted molar refractivity (Wildman–Crippen MR) is 73.9 cm³/mol. The molecule has 0 amide bonds. The molecule has 0 saturated carbocycles. The van der Waals surface area contributed by atoms with Gasteiger partial charge in [0.1, 0.15) is 0 Å². The van der Waals surface area contributed by atoms with Crippen LogP contribution < -0.4 is 5.48 Å². The highest BCUT2D eigenvalue weighted by Gasteiger charge is 2.18. The van der Waals surface area contributed by atoms with Gasteiger partial charge in [-0.05, 0) is 18.4 Å². The van der Waals surface area contributed by atoms with Crippen molar-refractivity contribution in [2.75, 3.05) is 12.0 Å². The molecule has 3 nitrogen and oxygen atoms in total. The van der Waals surface area contributed by atoms with Crippen molar-refractivity contribution in [2.24, 2.45) is 0 Å². The fraction of sp³-hybridized carbons (Fsp3) is 0.727. The van der Waals surface area contributed by atoms with Gasteiger partial charge in [0, 0.05) is 4.75 Å². The molecule has 0 heterocycles. The van der Waals surface area contributed by atoms with Crippen LogP contribution in [-0.4, -0.2) is 28.8 Å². The van der Waals surface area contributed by atoms with Crippen molar-refractivity contribution in [1.29, 1.82) is 0 Å². The largest absolute Gasteiger partial charge is 0.370 e. The molecule has 0 radical (unpaired) electrons. The third-order valence-corrected chi connectivity index (χ3v) is 2.62. The Bertz CT molecular complexity index is 227. The summed E-state index contributed by atoms with van der Waals surface area (Å²) in [6.07, 6.45) is 4.95. The average Bonchev–Trinajstić information content (AvgIpc) is 2.15. The zero-order chi connectivity index (χ0) is 12.6. The summed E-state index contributed by atoms with van der Waals surface area (Å²) in [5.74, 6) is 0.704. The van der Waals surface area contributed by atoms with Crippen LogP contribution in [0.3, 0.4) is 0 Å². The van der Waals surface area contributed by atoms with Crippen LogP contribution in [0, 0.1) is 0 Å². The number of carbonyl (C=O) groups is 1. The minimum absolute atomic E-state index is 0.0134. The molecular weight excluding hydrogens is 242 g/mol. The zero-order valence-electron chi connectivity index (χ0n) is 10.2. The summed E-state index contributed by atoms with van der Waals surface area (Å²) in [6.45, 7) is 7.43. The van der Waals surface area contributed by atoms with Gasteiger partial charge >= 0.3 is 5.97 Å². The summed E-state index contributed by atoms with van der Waals surface area (Å²) >= 11 is 6.01. The molecule has 1 atom stereocenters. The monoisotopic (exact) mass is 263 g/mol. The highest BCUT2D eigenvalue weighted by Crippen LogP contribution is 2.17. The van der Waals surface area contributed by atoms with Gasteiger partial charge in [-0.25, -0.2) is 0 Å². The molecule has 0 bridgehead atoms. The maximum atomic E-state index is 11.4. The van der Waals surface area contributed by atoms with E-state index >= 15 is 0 Å². The topological polar surface area (TPSA) is 38.3 Å². The third kappa shape index (κ3) is 9.12. The van der Waals surface area contributed by atoms with Crippen molar-refractivity contribution in [2.45, 2.75) is 37.5 Å². The first-order chi connectivity index (χ1) is 7.39. The van der Waals surface area contributed by atoms with E-state index in [4.69, 9.17) is 4.84 Å². The summed E-state index contributed by atoms with van der Waals surface area (Å²) in [5, 5.41) is 0. The van der Waals surface area contributed by atoms with Crippen molar-refractivity contribution in [3.05, 3.63) is 12.7 Å². The first-order valence-electron chi connectivity index (χ1n) is 5.18. The van der Waals surface area contributed by atoms with E-state index in [2.05, 4.69) is 24.7 Å². The molecule has 0 aliphatic rings. The molecule has 0 fully saturated rings. The summed E-state index contributed by atoms with van der Waals surface area (Å²) in [6, 6.07) is 0.0134. The second-order valence-corrected chi connectivity index (χ2v) is 6.40. The lowest BCUT2D eigenvalue weighted by Crippen LogP contribution is -2.32. The van der Waals surface area contributed by atoms with Gasteiger partial charge in [0.15, 0.2) is 0 Å². The van der Waals surface area contributed by atoms with Crippen LogP contribution in [0.1, 0.15) is 26.7 Å². The fourth-order valence-corrected chi connectivity index (χ4v) is 1.62. The van der Waals surface area contributed by atoms with E-state index < -0.39 is 0 Å². The Hall–Kier alpha value is -0.130. The van der Waals surface area contributed by atoms with E-state index in [1.165, 1.54) is 0 Å². The fourth-order valence-electron chi connectivity index (χ4n) is 1.00. The number of rotatable bonds is 8. The smallest absolute Gasteiger partial charge is 0.326 e. The van der Waals surface area contributed by atoms with Crippen LogP contribution in [0.25, 0.3) is 0 Å². The van der Waals surface area contributed by atoms with E-state index in [1.807, 2.05) is 20.1 Å². The predicted octanol–water partition coefficient (Wildman–Crippen LogP) is 2.44. The minimum Gasteiger partial charge on any atom is -0.370 e. The summed E-state index contributed by atoms with van der Waals surface area (Å²) in [5.41, 5.74) is 2.71. The number of carbonyl (C=O) groups excluding carboxylic acids is 1. The van der Waals surface area contributed by atoms with E-state index in [0.29, 0.717) is 0 Å². The Labute approximate surface area is 108 Å². The molecule has 0 aliphatic carbocycles. The van der Waals surface area contributed by atoms with E-state index in [1.54, 1.807) is 17.8 Å². The number of hydrogen-bond acceptors (Lipinski definition) is 5. The van der Waals surface area contributed by atoms with Gasteiger partial charge in [-0.3, -0.25) is 4.79 Å². The summed E-state index contributed by atoms with van der Waals surface area (Å²) in [4.78, 5) is 16.3. The van der Waals surface area contributed by atoms with Crippen molar-refractivity contribution >= 4 is 30.4 Å². The summed E-state index contributed by atoms with van der Waals surface area (Å²) < 4.78 is -0.346. The van der Waals surface area contributed by atoms with Gasteiger partial charge in [-0.2, -0.15) is 24.4 Å². The highest BCUT2D eigenvalue weighted by atomic mass is 32.2. The third-order valence-electron chi connectivity index (χ3n) is 1.82. The van der Waals surface area contributed by atoms with Gasteiger partial charge < -0.3 is 4.84 Å². The van der Waals surface area contributed by atoms with E-state index in [0.717, 1.165) is 12.2 Å². The molecular formula is C11H21NO2S2. The number of hydrogen-bond donors (Lipinski definition) is 2. The first-order valence-corrected chi connectivity index (χ1v) is 7.02. The molecule has 0 saturated heterocycles. The highest BCUT2D eigenvalue weighted by molar-refractivity contribution is 7.98. The molecule has 0 aromatic carbocycles. The lowest BCUT2D eigenvalue weighted by atomic mass is 10.1. The average molecular weight is 263 g/mol. The van der Waals surface area contributed by atoms with E-state index in [-0.39, 0.29) is 23.2 Å². The number of thioether (sulfide) groups is 1. The molecule has 1 N–H and O–H groups in total. The second kappa shape index (κ2) is 8.03. The van der Waals surface area contributed by atoms with Gasteiger partial charge in [0.05, 0.1) is 12.5 Å². The van der Waals surface area contributed by atoms with Crippen molar-refractivity contribution < 1.29 is 9.63 Å². The quantitative estimate of drug-likeness (QED) is 0.401. The molecule has 0 aromatic heterocycles.